The summed E-state index contributed by atoms with van der Waals surface area (Å²) in [5.74, 6) is -1.72. The minimum atomic E-state index is -1.54. The van der Waals surface area contributed by atoms with Crippen LogP contribution in [0.4, 0.5) is 5.69 Å². The first-order chi connectivity index (χ1) is 15.3. The molecule has 0 saturated carbocycles. The highest BCUT2D eigenvalue weighted by Gasteiger charge is 2.62. The van der Waals surface area contributed by atoms with Crippen LogP contribution in [0.25, 0.3) is 0 Å². The van der Waals surface area contributed by atoms with Crippen LogP contribution in [0.15, 0.2) is 48.5 Å². The lowest BCUT2D eigenvalue weighted by atomic mass is 9.95. The molecule has 32 heavy (non-hydrogen) atoms. The van der Waals surface area contributed by atoms with Crippen LogP contribution in [-0.4, -0.2) is 47.5 Å². The molecule has 1 saturated heterocycles. The third kappa shape index (κ3) is 3.23. The smallest absolute Gasteiger partial charge is 0.354 e. The molecule has 0 N–H and O–H groups in total. The van der Waals surface area contributed by atoms with E-state index in [0.717, 1.165) is 0 Å². The largest absolute Gasteiger partial charge is 0.465 e. The van der Waals surface area contributed by atoms with Crippen LogP contribution in [-0.2, 0) is 25.7 Å². The highest BCUT2D eigenvalue weighted by Crippen LogP contribution is 2.46. The Kier molecular flexibility index (Phi) is 5.46. The van der Waals surface area contributed by atoms with Crippen molar-refractivity contribution in [3.8, 4) is 0 Å². The average Bonchev–Trinajstić information content (AvgIpc) is 3.15. The molecule has 4 rings (SSSR count). The number of methoxy groups -OCH3 is 1. The normalized spacial score (nSPS) is 19.6. The van der Waals surface area contributed by atoms with E-state index in [0.29, 0.717) is 22.4 Å². The van der Waals surface area contributed by atoms with E-state index in [2.05, 4.69) is 0 Å². The number of carbonyl (C=O) groups is 4. The van der Waals surface area contributed by atoms with Crippen LogP contribution in [0, 0.1) is 0 Å². The number of nitrogens with zero attached hydrogens (tertiary/aromatic N) is 2. The Labute approximate surface area is 185 Å². The highest BCUT2D eigenvalue weighted by molar-refractivity contribution is 6.15. The molecular weight excluding hydrogens is 412 g/mol. The van der Waals surface area contributed by atoms with Crippen molar-refractivity contribution >= 4 is 29.4 Å². The van der Waals surface area contributed by atoms with E-state index in [1.807, 2.05) is 13.8 Å². The maximum Gasteiger partial charge on any atom is 0.354 e. The van der Waals surface area contributed by atoms with Crippen LogP contribution in [0.3, 0.4) is 0 Å². The summed E-state index contributed by atoms with van der Waals surface area (Å²) < 4.78 is 10.4. The number of carbonyl (C=O) groups excluding carboxylic acids is 4. The molecule has 0 bridgehead atoms. The van der Waals surface area contributed by atoms with Crippen molar-refractivity contribution in [2.75, 3.05) is 12.0 Å². The number of hydrogen-bond donors (Lipinski definition) is 0. The summed E-state index contributed by atoms with van der Waals surface area (Å²) in [6.07, 6.45) is 0.267. The van der Waals surface area contributed by atoms with Gasteiger partial charge in [0.05, 0.1) is 23.9 Å². The number of para-hydroxylation sites is 1. The lowest BCUT2D eigenvalue weighted by Crippen LogP contribution is -2.70. The summed E-state index contributed by atoms with van der Waals surface area (Å²) in [6.45, 7) is 3.50. The van der Waals surface area contributed by atoms with Gasteiger partial charge < -0.3 is 14.4 Å². The van der Waals surface area contributed by atoms with Gasteiger partial charge in [0.2, 0.25) is 11.6 Å². The van der Waals surface area contributed by atoms with Gasteiger partial charge in [-0.25, -0.2) is 9.59 Å². The molecule has 8 nitrogen and oxygen atoms in total. The van der Waals surface area contributed by atoms with Crippen molar-refractivity contribution in [2.45, 2.75) is 45.0 Å². The first-order valence-electron chi connectivity index (χ1n) is 10.4. The van der Waals surface area contributed by atoms with Crippen molar-refractivity contribution in [3.63, 3.8) is 0 Å². The highest BCUT2D eigenvalue weighted by atomic mass is 16.5. The van der Waals surface area contributed by atoms with Gasteiger partial charge in [-0.2, -0.15) is 0 Å². The van der Waals surface area contributed by atoms with E-state index in [1.165, 1.54) is 16.9 Å². The zero-order valence-corrected chi connectivity index (χ0v) is 18.2. The van der Waals surface area contributed by atoms with Crippen molar-refractivity contribution in [1.29, 1.82) is 0 Å². The molecule has 2 aromatic carbocycles. The number of amides is 2. The second-order valence-corrected chi connectivity index (χ2v) is 8.10. The molecule has 1 atom stereocenters. The van der Waals surface area contributed by atoms with Gasteiger partial charge in [-0.05, 0) is 43.7 Å². The van der Waals surface area contributed by atoms with Gasteiger partial charge in [0.1, 0.15) is 6.61 Å². The average molecular weight is 436 g/mol. The third-order valence-corrected chi connectivity index (χ3v) is 5.86. The van der Waals surface area contributed by atoms with Crippen LogP contribution in [0.5, 0.6) is 0 Å². The fourth-order valence-electron chi connectivity index (χ4n) is 4.54. The van der Waals surface area contributed by atoms with E-state index in [-0.39, 0.29) is 37.3 Å². The third-order valence-electron chi connectivity index (χ3n) is 5.86. The predicted octanol–water partition coefficient (Wildman–Crippen LogP) is 2.90. The van der Waals surface area contributed by atoms with Crippen LogP contribution >= 0.6 is 0 Å². The number of benzene rings is 2. The summed E-state index contributed by atoms with van der Waals surface area (Å²) in [5, 5.41) is 0. The molecule has 1 fully saturated rings. The Morgan fingerprint density at radius 1 is 1.09 bits per heavy atom. The van der Waals surface area contributed by atoms with Gasteiger partial charge >= 0.3 is 11.9 Å². The zero-order chi connectivity index (χ0) is 23.0. The number of anilines is 1. The first kappa shape index (κ1) is 21.5. The van der Waals surface area contributed by atoms with Gasteiger partial charge in [0, 0.05) is 18.9 Å². The van der Waals surface area contributed by atoms with E-state index in [4.69, 9.17) is 9.47 Å². The Balaban J connectivity index is 1.70. The summed E-state index contributed by atoms with van der Waals surface area (Å²) in [4.78, 5) is 54.5. The number of fused-ring (bicyclic) bond motifs is 3. The first-order valence-corrected chi connectivity index (χ1v) is 10.4. The molecule has 2 amide bonds. The molecule has 166 valence electrons. The molecule has 0 radical (unpaired) electrons. The quantitative estimate of drug-likeness (QED) is 0.669. The molecule has 0 aliphatic carbocycles. The number of esters is 2. The summed E-state index contributed by atoms with van der Waals surface area (Å²) in [7, 11) is 1.29. The molecule has 8 heteroatoms. The molecule has 2 aromatic rings. The molecule has 0 spiro atoms. The molecule has 2 aliphatic rings. The van der Waals surface area contributed by atoms with E-state index in [9.17, 15) is 19.2 Å². The summed E-state index contributed by atoms with van der Waals surface area (Å²) in [5.41, 5.74) is 0.179. The predicted molar refractivity (Wildman–Crippen MR) is 115 cm³/mol. The lowest BCUT2D eigenvalue weighted by Gasteiger charge is -2.50. The molecule has 2 aliphatic heterocycles. The molecule has 0 aromatic heterocycles. The van der Waals surface area contributed by atoms with E-state index in [1.54, 1.807) is 48.5 Å². The van der Waals surface area contributed by atoms with Crippen molar-refractivity contribution in [3.05, 3.63) is 65.2 Å². The second-order valence-electron chi connectivity index (χ2n) is 8.10. The second kappa shape index (κ2) is 8.11. The standard InChI is InChI=1S/C24H24N2O6/c1-15(2)25-21(28)18-9-4-5-10-19(18)26-20(27)11-12-24(25,26)23(30)32-14-16-7-6-8-17(13-16)22(29)31-3/h4-10,13,15H,11-12,14H2,1-3H3. The molecule has 2 heterocycles. The van der Waals surface area contributed by atoms with Gasteiger partial charge in [-0.15, -0.1) is 0 Å². The molecular formula is C24H24N2O6. The van der Waals surface area contributed by atoms with Crippen molar-refractivity contribution in [1.82, 2.24) is 4.90 Å². The van der Waals surface area contributed by atoms with Gasteiger partial charge in [-0.3, -0.25) is 14.5 Å². The van der Waals surface area contributed by atoms with Crippen LogP contribution in [0.1, 0.15) is 53.0 Å². The van der Waals surface area contributed by atoms with Crippen molar-refractivity contribution < 1.29 is 28.7 Å². The van der Waals surface area contributed by atoms with Crippen LogP contribution in [0.2, 0.25) is 0 Å². The fourth-order valence-corrected chi connectivity index (χ4v) is 4.54. The number of rotatable bonds is 5. The van der Waals surface area contributed by atoms with E-state index < -0.39 is 17.6 Å². The maximum atomic E-state index is 13.6. The Bertz CT molecular complexity index is 1110. The Morgan fingerprint density at radius 2 is 1.84 bits per heavy atom. The Morgan fingerprint density at radius 3 is 2.56 bits per heavy atom. The topological polar surface area (TPSA) is 93.2 Å². The number of ether oxygens (including phenoxy) is 2. The maximum absolute atomic E-state index is 13.6. The van der Waals surface area contributed by atoms with Gasteiger partial charge in [0.25, 0.3) is 5.91 Å². The summed E-state index contributed by atoms with van der Waals surface area (Å²) >= 11 is 0. The minimum Gasteiger partial charge on any atom is -0.465 e. The van der Waals surface area contributed by atoms with Crippen LogP contribution < -0.4 is 4.90 Å². The van der Waals surface area contributed by atoms with Gasteiger partial charge in [0.15, 0.2) is 0 Å². The van der Waals surface area contributed by atoms with E-state index >= 15 is 0 Å². The molecule has 1 unspecified atom stereocenters. The zero-order valence-electron chi connectivity index (χ0n) is 18.2. The number of hydrogen-bond acceptors (Lipinski definition) is 6. The monoisotopic (exact) mass is 436 g/mol. The Hall–Kier alpha value is -3.68. The summed E-state index contributed by atoms with van der Waals surface area (Å²) in [6, 6.07) is 13.0. The fraction of sp³-hybridized carbons (Fsp3) is 0.333. The lowest BCUT2D eigenvalue weighted by molar-refractivity contribution is -0.159. The van der Waals surface area contributed by atoms with Gasteiger partial charge in [-0.1, -0.05) is 24.3 Å². The minimum absolute atomic E-state index is 0.116. The van der Waals surface area contributed by atoms with Crippen molar-refractivity contribution in [2.24, 2.45) is 0 Å². The SMILES string of the molecule is COC(=O)c1cccc(COC(=O)C23CCC(=O)N2c2ccccc2C(=O)N3C(C)C)c1.